The lowest BCUT2D eigenvalue weighted by molar-refractivity contribution is 0.0993. The molecule has 0 aliphatic rings. The van der Waals surface area contributed by atoms with Gasteiger partial charge in [0.2, 0.25) is 5.89 Å². The van der Waals surface area contributed by atoms with Crippen molar-refractivity contribution < 1.29 is 13.9 Å². The molecular weight excluding hydrogens is 348 g/mol. The van der Waals surface area contributed by atoms with Gasteiger partial charge in [-0.1, -0.05) is 29.5 Å². The molecule has 0 aliphatic carbocycles. The van der Waals surface area contributed by atoms with E-state index in [-0.39, 0.29) is 11.0 Å². The largest absolute Gasteiger partial charge is 0.497 e. The lowest BCUT2D eigenvalue weighted by Gasteiger charge is -2.10. The van der Waals surface area contributed by atoms with Gasteiger partial charge in [-0.25, -0.2) is 0 Å². The van der Waals surface area contributed by atoms with Crippen LogP contribution in [0.25, 0.3) is 11.5 Å². The minimum atomic E-state index is -0.320. The van der Waals surface area contributed by atoms with Crippen LogP contribution in [0, 0.1) is 13.8 Å². The lowest BCUT2D eigenvalue weighted by Crippen LogP contribution is -2.15. The third-order valence-corrected chi connectivity index (χ3v) is 4.98. The van der Waals surface area contributed by atoms with Crippen LogP contribution >= 0.6 is 11.8 Å². The molecule has 3 rings (SSSR count). The summed E-state index contributed by atoms with van der Waals surface area (Å²) >= 11 is 1.27. The van der Waals surface area contributed by atoms with E-state index >= 15 is 0 Å². The van der Waals surface area contributed by atoms with E-state index in [0.29, 0.717) is 11.1 Å². The van der Waals surface area contributed by atoms with Gasteiger partial charge in [0.15, 0.2) is 5.78 Å². The molecule has 0 saturated heterocycles. The topological polar surface area (TPSA) is 65.2 Å². The highest BCUT2D eigenvalue weighted by atomic mass is 32.2. The number of aromatic nitrogens is 2. The molecular formula is C20H20N2O3S. The molecule has 5 nitrogen and oxygen atoms in total. The standard InChI is InChI=1S/C20H20N2O3S/c1-12-5-6-13(2)17(11-12)18(23)14(3)26-20-22-21-19(25-20)15-7-9-16(24-4)10-8-15/h5-11,14H,1-4H3/t14-/m0/s1. The van der Waals surface area contributed by atoms with Crippen molar-refractivity contribution >= 4 is 17.5 Å². The monoisotopic (exact) mass is 368 g/mol. The van der Waals surface area contributed by atoms with Crippen molar-refractivity contribution in [2.75, 3.05) is 7.11 Å². The number of carbonyl (C=O) groups excluding carboxylic acids is 1. The predicted molar refractivity (Wildman–Crippen MR) is 102 cm³/mol. The summed E-state index contributed by atoms with van der Waals surface area (Å²) in [4.78, 5) is 12.7. The number of benzene rings is 2. The molecule has 6 heteroatoms. The number of ether oxygens (including phenoxy) is 1. The Morgan fingerprint density at radius 2 is 1.85 bits per heavy atom. The normalized spacial score (nSPS) is 12.0. The first-order chi connectivity index (χ1) is 12.5. The Morgan fingerprint density at radius 1 is 1.12 bits per heavy atom. The van der Waals surface area contributed by atoms with Crippen molar-refractivity contribution in [1.29, 1.82) is 0 Å². The van der Waals surface area contributed by atoms with Crippen LogP contribution in [0.1, 0.15) is 28.4 Å². The fourth-order valence-electron chi connectivity index (χ4n) is 2.53. The highest BCUT2D eigenvalue weighted by molar-refractivity contribution is 8.00. The van der Waals surface area contributed by atoms with Crippen molar-refractivity contribution in [3.05, 3.63) is 59.2 Å². The Hall–Kier alpha value is -2.60. The molecule has 0 bridgehead atoms. The highest BCUT2D eigenvalue weighted by Crippen LogP contribution is 2.29. The van der Waals surface area contributed by atoms with Gasteiger partial charge in [0, 0.05) is 11.1 Å². The number of carbonyl (C=O) groups is 1. The van der Waals surface area contributed by atoms with Crippen LogP contribution in [0.15, 0.2) is 52.1 Å². The van der Waals surface area contributed by atoms with Crippen LogP contribution in [0.2, 0.25) is 0 Å². The van der Waals surface area contributed by atoms with Gasteiger partial charge >= 0.3 is 0 Å². The van der Waals surface area contributed by atoms with Gasteiger partial charge in [0.1, 0.15) is 5.75 Å². The summed E-state index contributed by atoms with van der Waals surface area (Å²) in [5.41, 5.74) is 3.58. The quantitative estimate of drug-likeness (QED) is 0.463. The zero-order chi connectivity index (χ0) is 18.7. The minimum Gasteiger partial charge on any atom is -0.497 e. The van der Waals surface area contributed by atoms with E-state index in [2.05, 4.69) is 10.2 Å². The fourth-order valence-corrected chi connectivity index (χ4v) is 3.28. The number of hydrogen-bond acceptors (Lipinski definition) is 6. The van der Waals surface area contributed by atoms with Crippen molar-refractivity contribution in [1.82, 2.24) is 10.2 Å². The predicted octanol–water partition coefficient (Wildman–Crippen LogP) is 4.73. The van der Waals surface area contributed by atoms with Gasteiger partial charge in [-0.05, 0) is 56.7 Å². The van der Waals surface area contributed by atoms with E-state index in [0.717, 1.165) is 28.0 Å². The summed E-state index contributed by atoms with van der Waals surface area (Å²) in [7, 11) is 1.62. The molecule has 134 valence electrons. The number of aryl methyl sites for hydroxylation is 2. The second kappa shape index (κ2) is 7.74. The minimum absolute atomic E-state index is 0.0559. The number of rotatable bonds is 6. The molecule has 1 heterocycles. The van der Waals surface area contributed by atoms with Gasteiger partial charge in [0.25, 0.3) is 5.22 Å². The number of hydrogen-bond donors (Lipinski definition) is 0. The average Bonchev–Trinajstić information content (AvgIpc) is 3.11. The maximum atomic E-state index is 12.7. The maximum Gasteiger partial charge on any atom is 0.277 e. The van der Waals surface area contributed by atoms with E-state index in [1.54, 1.807) is 7.11 Å². The van der Waals surface area contributed by atoms with Crippen molar-refractivity contribution in [2.45, 2.75) is 31.2 Å². The summed E-state index contributed by atoms with van der Waals surface area (Å²) in [6, 6.07) is 13.3. The molecule has 1 aromatic heterocycles. The van der Waals surface area contributed by atoms with E-state index in [9.17, 15) is 4.79 Å². The third-order valence-electron chi connectivity index (χ3n) is 4.05. The van der Waals surface area contributed by atoms with E-state index in [4.69, 9.17) is 9.15 Å². The van der Waals surface area contributed by atoms with Crippen molar-refractivity contribution in [3.8, 4) is 17.2 Å². The van der Waals surface area contributed by atoms with Crippen LogP contribution in [-0.2, 0) is 0 Å². The molecule has 0 fully saturated rings. The van der Waals surface area contributed by atoms with Crippen LogP contribution in [0.5, 0.6) is 5.75 Å². The first-order valence-corrected chi connectivity index (χ1v) is 9.12. The molecule has 0 spiro atoms. The number of ketones is 1. The number of methoxy groups -OCH3 is 1. The van der Waals surface area contributed by atoms with Crippen LogP contribution in [-0.4, -0.2) is 28.3 Å². The molecule has 3 aromatic rings. The Labute approximate surface area is 156 Å². The SMILES string of the molecule is COc1ccc(-c2nnc(S[C@@H](C)C(=O)c3cc(C)ccc3C)o2)cc1. The van der Waals surface area contributed by atoms with Gasteiger partial charge in [0.05, 0.1) is 12.4 Å². The molecule has 1 atom stereocenters. The van der Waals surface area contributed by atoms with Crippen molar-refractivity contribution in [3.63, 3.8) is 0 Å². The molecule has 0 aliphatic heterocycles. The lowest BCUT2D eigenvalue weighted by atomic mass is 10.0. The van der Waals surface area contributed by atoms with Crippen molar-refractivity contribution in [2.24, 2.45) is 0 Å². The summed E-state index contributed by atoms with van der Waals surface area (Å²) < 4.78 is 10.8. The first-order valence-electron chi connectivity index (χ1n) is 8.24. The highest BCUT2D eigenvalue weighted by Gasteiger charge is 2.21. The van der Waals surface area contributed by atoms with Gasteiger partial charge in [-0.15, -0.1) is 10.2 Å². The fraction of sp³-hybridized carbons (Fsp3) is 0.250. The zero-order valence-corrected chi connectivity index (χ0v) is 16.0. The second-order valence-corrected chi connectivity index (χ2v) is 7.34. The zero-order valence-electron chi connectivity index (χ0n) is 15.1. The summed E-state index contributed by atoms with van der Waals surface area (Å²) in [5, 5.41) is 8.18. The van der Waals surface area contributed by atoms with Gasteiger partial charge in [-0.3, -0.25) is 4.79 Å². The number of thioether (sulfide) groups is 1. The molecule has 0 N–H and O–H groups in total. The second-order valence-electron chi connectivity index (χ2n) is 6.04. The maximum absolute atomic E-state index is 12.7. The Morgan fingerprint density at radius 3 is 2.54 bits per heavy atom. The molecule has 26 heavy (non-hydrogen) atoms. The average molecular weight is 368 g/mol. The third kappa shape index (κ3) is 3.96. The molecule has 0 amide bonds. The Balaban J connectivity index is 1.73. The van der Waals surface area contributed by atoms with Crippen LogP contribution in [0.3, 0.4) is 0 Å². The number of nitrogens with zero attached hydrogens (tertiary/aromatic N) is 2. The van der Waals surface area contributed by atoms with E-state index in [1.807, 2.05) is 63.2 Å². The van der Waals surface area contributed by atoms with E-state index in [1.165, 1.54) is 11.8 Å². The molecule has 0 radical (unpaired) electrons. The first kappa shape index (κ1) is 18.2. The van der Waals surface area contributed by atoms with Gasteiger partial charge in [-0.2, -0.15) is 0 Å². The number of Topliss-reactive ketones (excluding diaryl/α,β-unsaturated/α-hetero) is 1. The molecule has 0 unspecified atom stereocenters. The van der Waals surface area contributed by atoms with Crippen LogP contribution < -0.4 is 4.74 Å². The van der Waals surface area contributed by atoms with E-state index < -0.39 is 0 Å². The summed E-state index contributed by atoms with van der Waals surface area (Å²) in [5.74, 6) is 1.23. The smallest absolute Gasteiger partial charge is 0.277 e. The molecule has 2 aromatic carbocycles. The van der Waals surface area contributed by atoms with Crippen LogP contribution in [0.4, 0.5) is 0 Å². The summed E-state index contributed by atoms with van der Waals surface area (Å²) in [6.07, 6.45) is 0. The Bertz CT molecular complexity index is 919. The summed E-state index contributed by atoms with van der Waals surface area (Å²) in [6.45, 7) is 5.78. The molecule has 0 saturated carbocycles. The van der Waals surface area contributed by atoms with Gasteiger partial charge < -0.3 is 9.15 Å². The Kier molecular flexibility index (Phi) is 5.42.